The molecule has 0 bridgehead atoms. The van der Waals surface area contributed by atoms with E-state index in [1.807, 2.05) is 6.34 Å². The van der Waals surface area contributed by atoms with Crippen molar-refractivity contribution in [3.63, 3.8) is 0 Å². The van der Waals surface area contributed by atoms with E-state index in [9.17, 15) is 0 Å². The summed E-state index contributed by atoms with van der Waals surface area (Å²) in [7, 11) is 0. The Morgan fingerprint density at radius 1 is 1.20 bits per heavy atom. The third-order valence-electron chi connectivity index (χ3n) is 4.82. The predicted octanol–water partition coefficient (Wildman–Crippen LogP) is 0.718. The first-order valence-electron chi connectivity index (χ1n) is 7.11. The quantitative estimate of drug-likeness (QED) is 0.570. The molecular weight excluding hydrogens is 268 g/mol. The second-order valence-electron chi connectivity index (χ2n) is 5.80. The third-order valence-corrected chi connectivity index (χ3v) is 5.06. The maximum Gasteiger partial charge on any atom is 0.0909 e. The molecular formula is C15H18N4S. The van der Waals surface area contributed by atoms with E-state index in [-0.39, 0.29) is 6.04 Å². The topological polar surface area (TPSA) is 44.9 Å². The Hall–Kier alpha value is -1.46. The fraction of sp³-hybridized carbons (Fsp3) is 0.467. The van der Waals surface area contributed by atoms with Crippen LogP contribution in [0.25, 0.3) is 0 Å². The van der Waals surface area contributed by atoms with Gasteiger partial charge in [0.1, 0.15) is 0 Å². The number of nitrogens with zero attached hydrogens (tertiary/aromatic N) is 3. The number of hydrogen-bond acceptors (Lipinski definition) is 4. The SMILES string of the molecule is NC(=S)C1C2C=CC=CC2N2C=NCC2C2C=CCN21. The molecule has 1 saturated heterocycles. The zero-order valence-corrected chi connectivity index (χ0v) is 12.0. The summed E-state index contributed by atoms with van der Waals surface area (Å²) in [5.74, 6) is 0.300. The Bertz CT molecular complexity index is 550. The van der Waals surface area contributed by atoms with E-state index in [2.05, 4.69) is 51.2 Å². The highest BCUT2D eigenvalue weighted by molar-refractivity contribution is 7.80. The smallest absolute Gasteiger partial charge is 0.0909 e. The van der Waals surface area contributed by atoms with Gasteiger partial charge in [-0.3, -0.25) is 9.89 Å². The maximum absolute atomic E-state index is 6.10. The zero-order chi connectivity index (χ0) is 13.7. The highest BCUT2D eigenvalue weighted by Gasteiger charge is 2.48. The summed E-state index contributed by atoms with van der Waals surface area (Å²) in [4.78, 5) is 9.96. The lowest BCUT2D eigenvalue weighted by molar-refractivity contribution is 0.200. The van der Waals surface area contributed by atoms with Crippen molar-refractivity contribution in [1.82, 2.24) is 9.80 Å². The van der Waals surface area contributed by atoms with Gasteiger partial charge in [0.2, 0.25) is 0 Å². The van der Waals surface area contributed by atoms with Crippen LogP contribution in [0.5, 0.6) is 0 Å². The first-order valence-corrected chi connectivity index (χ1v) is 7.52. The minimum absolute atomic E-state index is 0.121. The van der Waals surface area contributed by atoms with Crippen molar-refractivity contribution in [2.75, 3.05) is 13.1 Å². The molecule has 5 heteroatoms. The Morgan fingerprint density at radius 2 is 2.05 bits per heavy atom. The number of allylic oxidation sites excluding steroid dienone is 2. The molecule has 20 heavy (non-hydrogen) atoms. The summed E-state index contributed by atoms with van der Waals surface area (Å²) in [6.07, 6.45) is 15.3. The second kappa shape index (κ2) is 4.53. The summed E-state index contributed by atoms with van der Waals surface area (Å²) < 4.78 is 0. The molecule has 1 aliphatic carbocycles. The number of thiocarbonyl (C=S) groups is 1. The van der Waals surface area contributed by atoms with Gasteiger partial charge < -0.3 is 10.6 Å². The van der Waals surface area contributed by atoms with Crippen LogP contribution in [0, 0.1) is 5.92 Å². The van der Waals surface area contributed by atoms with E-state index in [1.54, 1.807) is 0 Å². The number of aliphatic imine (C=N–C) groups is 1. The summed E-state index contributed by atoms with van der Waals surface area (Å²) in [6.45, 7) is 1.79. The molecule has 3 heterocycles. The molecule has 4 aliphatic rings. The number of rotatable bonds is 1. The van der Waals surface area contributed by atoms with Gasteiger partial charge in [-0.25, -0.2) is 0 Å². The second-order valence-corrected chi connectivity index (χ2v) is 6.27. The van der Waals surface area contributed by atoms with Crippen LogP contribution in [-0.4, -0.2) is 58.4 Å². The van der Waals surface area contributed by atoms with Gasteiger partial charge in [-0.05, 0) is 0 Å². The molecule has 4 rings (SSSR count). The van der Waals surface area contributed by atoms with Crippen LogP contribution in [0.3, 0.4) is 0 Å². The Labute approximate surface area is 124 Å². The average Bonchev–Trinajstić information content (AvgIpc) is 3.06. The van der Waals surface area contributed by atoms with Crippen LogP contribution >= 0.6 is 12.2 Å². The van der Waals surface area contributed by atoms with Crippen molar-refractivity contribution in [2.24, 2.45) is 16.6 Å². The molecule has 0 aromatic heterocycles. The fourth-order valence-electron chi connectivity index (χ4n) is 3.99. The third kappa shape index (κ3) is 1.63. The first-order chi connectivity index (χ1) is 9.77. The monoisotopic (exact) mass is 286 g/mol. The average molecular weight is 286 g/mol. The summed E-state index contributed by atoms with van der Waals surface area (Å²) in [6, 6.07) is 1.19. The van der Waals surface area contributed by atoms with E-state index in [1.165, 1.54) is 0 Å². The summed E-state index contributed by atoms with van der Waals surface area (Å²) in [5, 5.41) is 0. The first kappa shape index (κ1) is 12.3. The van der Waals surface area contributed by atoms with Crippen LogP contribution in [0.4, 0.5) is 0 Å². The van der Waals surface area contributed by atoms with Gasteiger partial charge in [0.15, 0.2) is 0 Å². The molecule has 5 atom stereocenters. The van der Waals surface area contributed by atoms with Gasteiger partial charge in [0, 0.05) is 12.5 Å². The van der Waals surface area contributed by atoms with Crippen LogP contribution in [-0.2, 0) is 0 Å². The van der Waals surface area contributed by atoms with Crippen LogP contribution in [0.1, 0.15) is 0 Å². The van der Waals surface area contributed by atoms with Gasteiger partial charge in [0.25, 0.3) is 0 Å². The van der Waals surface area contributed by atoms with Crippen molar-refractivity contribution in [3.05, 3.63) is 36.5 Å². The van der Waals surface area contributed by atoms with Gasteiger partial charge in [-0.1, -0.05) is 48.7 Å². The normalized spacial score (nSPS) is 41.4. The van der Waals surface area contributed by atoms with Crippen molar-refractivity contribution in [2.45, 2.75) is 24.2 Å². The number of nitrogens with two attached hydrogens (primary N) is 1. The lowest BCUT2D eigenvalue weighted by Gasteiger charge is -2.36. The molecule has 5 unspecified atom stereocenters. The molecule has 0 amide bonds. The molecule has 0 spiro atoms. The van der Waals surface area contributed by atoms with Crippen LogP contribution in [0.15, 0.2) is 41.4 Å². The van der Waals surface area contributed by atoms with E-state index in [0.717, 1.165) is 13.1 Å². The summed E-state index contributed by atoms with van der Waals surface area (Å²) >= 11 is 5.40. The lowest BCUT2D eigenvalue weighted by atomic mass is 9.87. The minimum atomic E-state index is 0.121. The molecule has 0 saturated carbocycles. The molecule has 4 nitrogen and oxygen atoms in total. The summed E-state index contributed by atoms with van der Waals surface area (Å²) in [5.41, 5.74) is 6.10. The zero-order valence-electron chi connectivity index (χ0n) is 11.2. The molecule has 0 radical (unpaired) electrons. The van der Waals surface area contributed by atoms with Crippen molar-refractivity contribution in [3.8, 4) is 0 Å². The van der Waals surface area contributed by atoms with Gasteiger partial charge >= 0.3 is 0 Å². The number of hydrogen-bond donors (Lipinski definition) is 1. The van der Waals surface area contributed by atoms with Crippen molar-refractivity contribution < 1.29 is 0 Å². The lowest BCUT2D eigenvalue weighted by Crippen LogP contribution is -2.52. The van der Waals surface area contributed by atoms with Gasteiger partial charge in [0.05, 0.1) is 42.0 Å². The van der Waals surface area contributed by atoms with Crippen molar-refractivity contribution >= 4 is 23.5 Å². The molecule has 0 aromatic rings. The Balaban J connectivity index is 1.82. The predicted molar refractivity (Wildman–Crippen MR) is 84.8 cm³/mol. The van der Waals surface area contributed by atoms with E-state index in [4.69, 9.17) is 18.0 Å². The van der Waals surface area contributed by atoms with E-state index < -0.39 is 0 Å². The molecule has 0 aromatic carbocycles. The Kier molecular flexibility index (Phi) is 2.79. The number of fused-ring (bicyclic) bond motifs is 5. The maximum atomic E-state index is 6.10. The van der Waals surface area contributed by atoms with E-state index in [0.29, 0.717) is 29.0 Å². The fourth-order valence-corrected chi connectivity index (χ4v) is 4.28. The van der Waals surface area contributed by atoms with E-state index >= 15 is 0 Å². The van der Waals surface area contributed by atoms with Gasteiger partial charge in [-0.2, -0.15) is 0 Å². The Morgan fingerprint density at radius 3 is 2.90 bits per heavy atom. The van der Waals surface area contributed by atoms with Crippen molar-refractivity contribution in [1.29, 1.82) is 0 Å². The molecule has 3 aliphatic heterocycles. The molecule has 2 N–H and O–H groups in total. The standard InChI is InChI=1S/C15H18N4S/c16-15(20)14-10-4-1-2-5-11(10)19-9-17-8-13(19)12-6-3-7-18(12)14/h1-6,9-14H,7-8H2,(H2,16,20). The van der Waals surface area contributed by atoms with Crippen LogP contribution in [0.2, 0.25) is 0 Å². The minimum Gasteiger partial charge on any atom is -0.392 e. The highest BCUT2D eigenvalue weighted by atomic mass is 32.1. The molecule has 104 valence electrons. The van der Waals surface area contributed by atoms with Crippen LogP contribution < -0.4 is 5.73 Å². The van der Waals surface area contributed by atoms with Gasteiger partial charge in [-0.15, -0.1) is 0 Å². The largest absolute Gasteiger partial charge is 0.392 e. The molecule has 1 fully saturated rings. The highest BCUT2D eigenvalue weighted by Crippen LogP contribution is 2.36.